The van der Waals surface area contributed by atoms with Crippen LogP contribution in [0.1, 0.15) is 40.5 Å². The maximum atomic E-state index is 9.76. The minimum atomic E-state index is -0.762. The molecule has 2 atom stereocenters. The van der Waals surface area contributed by atoms with Gasteiger partial charge in [-0.2, -0.15) is 0 Å². The van der Waals surface area contributed by atoms with Gasteiger partial charge in [0.2, 0.25) is 0 Å². The Balaban J connectivity index is 3.90. The quantitative estimate of drug-likeness (QED) is 0.662. The van der Waals surface area contributed by atoms with E-state index in [1.165, 1.54) is 0 Å². The third kappa shape index (κ3) is 4.94. The van der Waals surface area contributed by atoms with Gasteiger partial charge in [0.15, 0.2) is 0 Å². The second-order valence-electron chi connectivity index (χ2n) is 4.02. The average molecular weight is 204 g/mol. The van der Waals surface area contributed by atoms with Crippen molar-refractivity contribution < 1.29 is 14.9 Å². The molecule has 0 aromatic carbocycles. The summed E-state index contributed by atoms with van der Waals surface area (Å²) in [5, 5.41) is 19.4. The second-order valence-corrected chi connectivity index (χ2v) is 4.02. The van der Waals surface area contributed by atoms with Gasteiger partial charge in [-0.1, -0.05) is 26.7 Å². The minimum Gasteiger partial charge on any atom is -0.390 e. The van der Waals surface area contributed by atoms with Gasteiger partial charge in [-0.25, -0.2) is 0 Å². The summed E-state index contributed by atoms with van der Waals surface area (Å²) in [6.45, 7) is 8.09. The summed E-state index contributed by atoms with van der Waals surface area (Å²) in [6, 6.07) is 0. The van der Waals surface area contributed by atoms with Crippen LogP contribution >= 0.6 is 0 Å². The molecule has 3 heteroatoms. The molecule has 0 radical (unpaired) electrons. The van der Waals surface area contributed by atoms with Gasteiger partial charge in [-0.15, -0.1) is 0 Å². The summed E-state index contributed by atoms with van der Waals surface area (Å²) in [5.41, 5.74) is 0. The Labute approximate surface area is 87.1 Å². The standard InChI is InChI=1S/C11H24O3/c1-5-9(6-2)11(13)10(12)7-14-8(3)4/h8-13H,5-7H2,1-4H3. The maximum absolute atomic E-state index is 9.76. The van der Waals surface area contributed by atoms with Crippen molar-refractivity contribution in [1.82, 2.24) is 0 Å². The first-order valence-electron chi connectivity index (χ1n) is 5.50. The van der Waals surface area contributed by atoms with Crippen molar-refractivity contribution >= 4 is 0 Å². The van der Waals surface area contributed by atoms with E-state index in [1.807, 2.05) is 27.7 Å². The first-order chi connectivity index (χ1) is 6.52. The molecular formula is C11H24O3. The Morgan fingerprint density at radius 1 is 1.07 bits per heavy atom. The average Bonchev–Trinajstić information content (AvgIpc) is 2.15. The molecule has 0 saturated heterocycles. The summed E-state index contributed by atoms with van der Waals surface area (Å²) < 4.78 is 5.25. The van der Waals surface area contributed by atoms with Crippen LogP contribution in [0.2, 0.25) is 0 Å². The lowest BCUT2D eigenvalue weighted by Crippen LogP contribution is -2.37. The number of rotatable bonds is 7. The molecule has 0 rings (SSSR count). The highest BCUT2D eigenvalue weighted by atomic mass is 16.5. The summed E-state index contributed by atoms with van der Waals surface area (Å²) in [4.78, 5) is 0. The molecule has 3 nitrogen and oxygen atoms in total. The summed E-state index contributed by atoms with van der Waals surface area (Å²) >= 11 is 0. The molecule has 0 aliphatic rings. The van der Waals surface area contributed by atoms with Gasteiger partial charge in [-0.3, -0.25) is 0 Å². The van der Waals surface area contributed by atoms with Gasteiger partial charge in [-0.05, 0) is 19.8 Å². The lowest BCUT2D eigenvalue weighted by Gasteiger charge is -2.25. The molecule has 0 amide bonds. The van der Waals surface area contributed by atoms with E-state index in [0.29, 0.717) is 0 Å². The number of hydrogen-bond donors (Lipinski definition) is 2. The predicted molar refractivity (Wildman–Crippen MR) is 57.2 cm³/mol. The van der Waals surface area contributed by atoms with Crippen LogP contribution in [-0.4, -0.2) is 35.1 Å². The largest absolute Gasteiger partial charge is 0.390 e. The number of aliphatic hydroxyl groups excluding tert-OH is 2. The molecule has 2 unspecified atom stereocenters. The Morgan fingerprint density at radius 2 is 1.57 bits per heavy atom. The van der Waals surface area contributed by atoms with Crippen molar-refractivity contribution in [3.63, 3.8) is 0 Å². The lowest BCUT2D eigenvalue weighted by atomic mass is 9.93. The monoisotopic (exact) mass is 204 g/mol. The van der Waals surface area contributed by atoms with Crippen molar-refractivity contribution in [2.75, 3.05) is 6.61 Å². The fourth-order valence-electron chi connectivity index (χ4n) is 1.48. The summed E-state index contributed by atoms with van der Waals surface area (Å²) in [7, 11) is 0. The first kappa shape index (κ1) is 13.9. The van der Waals surface area contributed by atoms with Crippen LogP contribution in [0.25, 0.3) is 0 Å². The van der Waals surface area contributed by atoms with E-state index in [1.54, 1.807) is 0 Å². The number of aliphatic hydroxyl groups is 2. The highest BCUT2D eigenvalue weighted by molar-refractivity contribution is 4.74. The molecular weight excluding hydrogens is 180 g/mol. The summed E-state index contributed by atoms with van der Waals surface area (Å²) in [6.07, 6.45) is 0.442. The fourth-order valence-corrected chi connectivity index (χ4v) is 1.48. The van der Waals surface area contributed by atoms with Crippen LogP contribution in [0.5, 0.6) is 0 Å². The number of ether oxygens (including phenoxy) is 1. The van der Waals surface area contributed by atoms with Crippen LogP contribution in [0.15, 0.2) is 0 Å². The topological polar surface area (TPSA) is 49.7 Å². The van der Waals surface area contributed by atoms with Crippen LogP contribution in [0.4, 0.5) is 0 Å². The fraction of sp³-hybridized carbons (Fsp3) is 1.00. The van der Waals surface area contributed by atoms with Gasteiger partial charge in [0.1, 0.15) is 6.10 Å². The van der Waals surface area contributed by atoms with E-state index in [0.717, 1.165) is 12.8 Å². The molecule has 0 saturated carbocycles. The summed E-state index contributed by atoms with van der Waals surface area (Å²) in [5.74, 6) is 0.167. The van der Waals surface area contributed by atoms with Gasteiger partial charge in [0.05, 0.1) is 18.8 Å². The first-order valence-corrected chi connectivity index (χ1v) is 5.50. The minimum absolute atomic E-state index is 0.0959. The molecule has 14 heavy (non-hydrogen) atoms. The smallest absolute Gasteiger partial charge is 0.103 e. The molecule has 0 heterocycles. The highest BCUT2D eigenvalue weighted by Gasteiger charge is 2.23. The SMILES string of the molecule is CCC(CC)C(O)C(O)COC(C)C. The van der Waals surface area contributed by atoms with E-state index in [4.69, 9.17) is 4.74 Å². The van der Waals surface area contributed by atoms with Crippen LogP contribution in [0, 0.1) is 5.92 Å². The molecule has 0 aromatic heterocycles. The van der Waals surface area contributed by atoms with Gasteiger partial charge in [0.25, 0.3) is 0 Å². The third-order valence-electron chi connectivity index (χ3n) is 2.53. The molecule has 0 bridgehead atoms. The Bertz CT molecular complexity index is 132. The second kappa shape index (κ2) is 7.21. The molecule has 0 spiro atoms. The molecule has 2 N–H and O–H groups in total. The van der Waals surface area contributed by atoms with Crippen LogP contribution in [-0.2, 0) is 4.74 Å². The zero-order valence-corrected chi connectivity index (χ0v) is 9.73. The highest BCUT2D eigenvalue weighted by Crippen LogP contribution is 2.16. The third-order valence-corrected chi connectivity index (χ3v) is 2.53. The van der Waals surface area contributed by atoms with Crippen molar-refractivity contribution in [2.24, 2.45) is 5.92 Å². The van der Waals surface area contributed by atoms with E-state index < -0.39 is 12.2 Å². The molecule has 86 valence electrons. The van der Waals surface area contributed by atoms with Crippen LogP contribution in [0.3, 0.4) is 0 Å². The molecule has 0 aliphatic heterocycles. The van der Waals surface area contributed by atoms with Crippen molar-refractivity contribution in [3.8, 4) is 0 Å². The van der Waals surface area contributed by atoms with Crippen LogP contribution < -0.4 is 0 Å². The van der Waals surface area contributed by atoms with E-state index in [-0.39, 0.29) is 18.6 Å². The van der Waals surface area contributed by atoms with Crippen molar-refractivity contribution in [3.05, 3.63) is 0 Å². The molecule has 0 fully saturated rings. The molecule has 0 aliphatic carbocycles. The van der Waals surface area contributed by atoms with E-state index in [9.17, 15) is 10.2 Å². The predicted octanol–water partition coefficient (Wildman–Crippen LogP) is 1.57. The maximum Gasteiger partial charge on any atom is 0.103 e. The number of hydrogen-bond acceptors (Lipinski definition) is 3. The lowest BCUT2D eigenvalue weighted by molar-refractivity contribution is -0.0736. The Morgan fingerprint density at radius 3 is 1.93 bits per heavy atom. The Kier molecular flexibility index (Phi) is 7.15. The zero-order valence-electron chi connectivity index (χ0n) is 9.73. The Hall–Kier alpha value is -0.120. The van der Waals surface area contributed by atoms with Gasteiger partial charge >= 0.3 is 0 Å². The van der Waals surface area contributed by atoms with Crippen molar-refractivity contribution in [2.45, 2.75) is 58.8 Å². The molecule has 0 aromatic rings. The van der Waals surface area contributed by atoms with E-state index >= 15 is 0 Å². The van der Waals surface area contributed by atoms with Gasteiger partial charge < -0.3 is 14.9 Å². The van der Waals surface area contributed by atoms with E-state index in [2.05, 4.69) is 0 Å². The zero-order chi connectivity index (χ0) is 11.1. The van der Waals surface area contributed by atoms with Crippen molar-refractivity contribution in [1.29, 1.82) is 0 Å². The normalized spacial score (nSPS) is 16.3. The van der Waals surface area contributed by atoms with Gasteiger partial charge in [0, 0.05) is 0 Å².